The molecule has 1 aromatic heterocycles. The number of likely N-dealkylation sites (N-methyl/N-ethyl adjacent to an activating group) is 1. The molecule has 16 heavy (non-hydrogen) atoms. The molecule has 0 saturated heterocycles. The lowest BCUT2D eigenvalue weighted by Crippen LogP contribution is -2.39. The standard InChI is InChI=1S/C12H20N2O2/c1-9(2)14(4)12(15)8-13-7-11-6-5-10(3)16-11/h5-6,9,13H,7-8H2,1-4H3. The zero-order valence-corrected chi connectivity index (χ0v) is 10.4. The van der Waals surface area contributed by atoms with Crippen LogP contribution in [0.5, 0.6) is 0 Å². The Morgan fingerprint density at radius 2 is 2.19 bits per heavy atom. The Balaban J connectivity index is 2.28. The highest BCUT2D eigenvalue weighted by atomic mass is 16.3. The molecule has 0 aliphatic carbocycles. The molecule has 0 spiro atoms. The number of rotatable bonds is 5. The minimum Gasteiger partial charge on any atom is -0.465 e. The molecule has 0 bridgehead atoms. The third kappa shape index (κ3) is 3.70. The fraction of sp³-hybridized carbons (Fsp3) is 0.583. The molecule has 0 aliphatic heterocycles. The minimum atomic E-state index is 0.0956. The smallest absolute Gasteiger partial charge is 0.236 e. The third-order valence-electron chi connectivity index (χ3n) is 2.54. The summed E-state index contributed by atoms with van der Waals surface area (Å²) in [6, 6.07) is 4.07. The van der Waals surface area contributed by atoms with Crippen LogP contribution in [0.3, 0.4) is 0 Å². The van der Waals surface area contributed by atoms with Gasteiger partial charge in [0.05, 0.1) is 13.1 Å². The van der Waals surface area contributed by atoms with E-state index in [1.807, 2.05) is 40.0 Å². The molecule has 90 valence electrons. The first kappa shape index (κ1) is 12.8. The number of nitrogens with zero attached hydrogens (tertiary/aromatic N) is 1. The largest absolute Gasteiger partial charge is 0.465 e. The lowest BCUT2D eigenvalue weighted by atomic mass is 10.3. The Labute approximate surface area is 96.6 Å². The summed E-state index contributed by atoms with van der Waals surface area (Å²) in [5.74, 6) is 1.85. The Morgan fingerprint density at radius 1 is 1.50 bits per heavy atom. The molecule has 4 heteroatoms. The van der Waals surface area contributed by atoms with Gasteiger partial charge in [-0.05, 0) is 32.9 Å². The predicted molar refractivity (Wildman–Crippen MR) is 63.1 cm³/mol. The highest BCUT2D eigenvalue weighted by Crippen LogP contribution is 2.05. The van der Waals surface area contributed by atoms with E-state index in [0.29, 0.717) is 13.1 Å². The maximum atomic E-state index is 11.6. The van der Waals surface area contributed by atoms with E-state index < -0.39 is 0 Å². The Hall–Kier alpha value is -1.29. The molecule has 0 unspecified atom stereocenters. The van der Waals surface area contributed by atoms with Crippen LogP contribution in [0, 0.1) is 6.92 Å². The first-order valence-corrected chi connectivity index (χ1v) is 5.52. The van der Waals surface area contributed by atoms with Gasteiger partial charge in [-0.2, -0.15) is 0 Å². The first-order chi connectivity index (χ1) is 7.50. The Bertz CT molecular complexity index is 345. The van der Waals surface area contributed by atoms with E-state index in [-0.39, 0.29) is 11.9 Å². The maximum Gasteiger partial charge on any atom is 0.236 e. The van der Waals surface area contributed by atoms with Crippen molar-refractivity contribution in [1.82, 2.24) is 10.2 Å². The lowest BCUT2D eigenvalue weighted by molar-refractivity contribution is -0.130. The van der Waals surface area contributed by atoms with Crippen molar-refractivity contribution in [2.75, 3.05) is 13.6 Å². The van der Waals surface area contributed by atoms with Crippen molar-refractivity contribution in [3.63, 3.8) is 0 Å². The molecule has 1 heterocycles. The summed E-state index contributed by atoms with van der Waals surface area (Å²) >= 11 is 0. The lowest BCUT2D eigenvalue weighted by Gasteiger charge is -2.21. The molecule has 0 radical (unpaired) electrons. The summed E-state index contributed by atoms with van der Waals surface area (Å²) in [6.45, 7) is 6.82. The fourth-order valence-corrected chi connectivity index (χ4v) is 1.29. The number of hydrogen-bond donors (Lipinski definition) is 1. The van der Waals surface area contributed by atoms with E-state index in [2.05, 4.69) is 5.32 Å². The quantitative estimate of drug-likeness (QED) is 0.825. The number of furan rings is 1. The van der Waals surface area contributed by atoms with Gasteiger partial charge in [-0.3, -0.25) is 4.79 Å². The Morgan fingerprint density at radius 3 is 2.69 bits per heavy atom. The van der Waals surface area contributed by atoms with Crippen LogP contribution in [0.15, 0.2) is 16.5 Å². The minimum absolute atomic E-state index is 0.0956. The van der Waals surface area contributed by atoms with E-state index in [4.69, 9.17) is 4.42 Å². The summed E-state index contributed by atoms with van der Waals surface area (Å²) in [5, 5.41) is 3.07. The molecule has 1 rings (SSSR count). The second-order valence-corrected chi connectivity index (χ2v) is 4.21. The third-order valence-corrected chi connectivity index (χ3v) is 2.54. The molecule has 0 atom stereocenters. The second-order valence-electron chi connectivity index (χ2n) is 4.21. The van der Waals surface area contributed by atoms with Gasteiger partial charge in [-0.25, -0.2) is 0 Å². The molecule has 0 fully saturated rings. The van der Waals surface area contributed by atoms with E-state index in [9.17, 15) is 4.79 Å². The SMILES string of the molecule is Cc1ccc(CNCC(=O)N(C)C(C)C)o1. The number of aryl methyl sites for hydroxylation is 1. The van der Waals surface area contributed by atoms with Gasteiger partial charge in [0.2, 0.25) is 5.91 Å². The molecule has 0 aliphatic rings. The van der Waals surface area contributed by atoms with E-state index in [0.717, 1.165) is 11.5 Å². The van der Waals surface area contributed by atoms with Gasteiger partial charge in [-0.15, -0.1) is 0 Å². The van der Waals surface area contributed by atoms with E-state index in [1.54, 1.807) is 4.90 Å². The maximum absolute atomic E-state index is 11.6. The topological polar surface area (TPSA) is 45.5 Å². The number of amides is 1. The summed E-state index contributed by atoms with van der Waals surface area (Å²) in [5.41, 5.74) is 0. The number of carbonyl (C=O) groups is 1. The summed E-state index contributed by atoms with van der Waals surface area (Å²) in [7, 11) is 1.81. The average Bonchev–Trinajstić information content (AvgIpc) is 2.62. The molecule has 4 nitrogen and oxygen atoms in total. The molecular formula is C12H20N2O2. The van der Waals surface area contributed by atoms with Gasteiger partial charge in [0.1, 0.15) is 11.5 Å². The van der Waals surface area contributed by atoms with Crippen LogP contribution in [-0.4, -0.2) is 30.4 Å². The molecule has 0 saturated carbocycles. The second kappa shape index (κ2) is 5.70. The van der Waals surface area contributed by atoms with Crippen LogP contribution in [0.4, 0.5) is 0 Å². The summed E-state index contributed by atoms with van der Waals surface area (Å²) < 4.78 is 5.39. The van der Waals surface area contributed by atoms with Gasteiger partial charge < -0.3 is 14.6 Å². The van der Waals surface area contributed by atoms with E-state index in [1.165, 1.54) is 0 Å². The van der Waals surface area contributed by atoms with Gasteiger partial charge in [0.15, 0.2) is 0 Å². The van der Waals surface area contributed by atoms with Crippen LogP contribution in [0.2, 0.25) is 0 Å². The van der Waals surface area contributed by atoms with Crippen LogP contribution < -0.4 is 5.32 Å². The highest BCUT2D eigenvalue weighted by Gasteiger charge is 2.11. The highest BCUT2D eigenvalue weighted by molar-refractivity contribution is 5.78. The number of hydrogen-bond acceptors (Lipinski definition) is 3. The van der Waals surface area contributed by atoms with Gasteiger partial charge in [0.25, 0.3) is 0 Å². The van der Waals surface area contributed by atoms with Crippen molar-refractivity contribution in [2.24, 2.45) is 0 Å². The van der Waals surface area contributed by atoms with Crippen LogP contribution >= 0.6 is 0 Å². The monoisotopic (exact) mass is 224 g/mol. The van der Waals surface area contributed by atoms with E-state index >= 15 is 0 Å². The first-order valence-electron chi connectivity index (χ1n) is 5.52. The van der Waals surface area contributed by atoms with Crippen molar-refractivity contribution in [3.05, 3.63) is 23.7 Å². The van der Waals surface area contributed by atoms with Crippen molar-refractivity contribution in [3.8, 4) is 0 Å². The molecule has 1 N–H and O–H groups in total. The van der Waals surface area contributed by atoms with Gasteiger partial charge in [-0.1, -0.05) is 0 Å². The van der Waals surface area contributed by atoms with Crippen molar-refractivity contribution in [2.45, 2.75) is 33.4 Å². The average molecular weight is 224 g/mol. The zero-order valence-electron chi connectivity index (χ0n) is 10.4. The summed E-state index contributed by atoms with van der Waals surface area (Å²) in [6.07, 6.45) is 0. The van der Waals surface area contributed by atoms with Crippen molar-refractivity contribution in [1.29, 1.82) is 0 Å². The number of nitrogens with one attached hydrogen (secondary N) is 1. The van der Waals surface area contributed by atoms with Crippen molar-refractivity contribution < 1.29 is 9.21 Å². The van der Waals surface area contributed by atoms with Crippen LogP contribution in [0.25, 0.3) is 0 Å². The van der Waals surface area contributed by atoms with Crippen molar-refractivity contribution >= 4 is 5.91 Å². The summed E-state index contributed by atoms with van der Waals surface area (Å²) in [4.78, 5) is 13.3. The predicted octanol–water partition coefficient (Wildman–Crippen LogP) is 1.54. The van der Waals surface area contributed by atoms with Crippen LogP contribution in [0.1, 0.15) is 25.4 Å². The van der Waals surface area contributed by atoms with Gasteiger partial charge in [0, 0.05) is 13.1 Å². The molecule has 1 aromatic rings. The zero-order chi connectivity index (χ0) is 12.1. The normalized spacial score (nSPS) is 10.8. The molecule has 0 aromatic carbocycles. The molecular weight excluding hydrogens is 204 g/mol. The Kier molecular flexibility index (Phi) is 4.55. The van der Waals surface area contributed by atoms with Crippen LogP contribution in [-0.2, 0) is 11.3 Å². The van der Waals surface area contributed by atoms with Gasteiger partial charge >= 0.3 is 0 Å². The molecule has 1 amide bonds. The number of carbonyl (C=O) groups excluding carboxylic acids is 1. The fourth-order valence-electron chi connectivity index (χ4n) is 1.29.